The van der Waals surface area contributed by atoms with Crippen LogP contribution < -0.4 is 5.73 Å². The zero-order chi connectivity index (χ0) is 12.3. The lowest BCUT2D eigenvalue weighted by molar-refractivity contribution is 0.0781. The van der Waals surface area contributed by atoms with Crippen LogP contribution in [0.1, 0.15) is 51.9 Å². The van der Waals surface area contributed by atoms with Crippen molar-refractivity contribution in [3.63, 3.8) is 0 Å². The molecule has 2 atom stereocenters. The zero-order valence-electron chi connectivity index (χ0n) is 11.2. The number of nitrogens with zero attached hydrogens (tertiary/aromatic N) is 1. The third-order valence-electron chi connectivity index (χ3n) is 4.39. The molecule has 0 aromatic carbocycles. The third-order valence-corrected chi connectivity index (χ3v) is 4.39. The number of hydrogen-bond acceptors (Lipinski definition) is 3. The van der Waals surface area contributed by atoms with Gasteiger partial charge in [-0.3, -0.25) is 0 Å². The maximum absolute atomic E-state index is 9.43. The van der Waals surface area contributed by atoms with Crippen molar-refractivity contribution >= 4 is 0 Å². The van der Waals surface area contributed by atoms with Crippen LogP contribution in [0.3, 0.4) is 0 Å². The number of aliphatic hydroxyl groups excluding tert-OH is 1. The zero-order valence-corrected chi connectivity index (χ0v) is 11.2. The second-order valence-corrected chi connectivity index (χ2v) is 6.21. The molecule has 3 nitrogen and oxygen atoms in total. The van der Waals surface area contributed by atoms with Crippen molar-refractivity contribution in [1.82, 2.24) is 4.90 Å². The lowest BCUT2D eigenvalue weighted by Gasteiger charge is -2.42. The number of aliphatic hydroxyl groups is 1. The Hall–Kier alpha value is -0.120. The summed E-state index contributed by atoms with van der Waals surface area (Å²) in [5.74, 6) is 0.949. The summed E-state index contributed by atoms with van der Waals surface area (Å²) >= 11 is 0. The molecule has 3 heteroatoms. The van der Waals surface area contributed by atoms with E-state index in [-0.39, 0.29) is 12.1 Å². The van der Waals surface area contributed by atoms with E-state index in [4.69, 9.17) is 5.73 Å². The first-order valence-corrected chi connectivity index (χ1v) is 7.30. The molecule has 2 saturated carbocycles. The summed E-state index contributed by atoms with van der Waals surface area (Å²) in [5, 5.41) is 9.43. The van der Waals surface area contributed by atoms with E-state index in [0.29, 0.717) is 6.04 Å². The molecule has 17 heavy (non-hydrogen) atoms. The fourth-order valence-electron chi connectivity index (χ4n) is 3.16. The van der Waals surface area contributed by atoms with Gasteiger partial charge in [0.05, 0.1) is 6.61 Å². The van der Waals surface area contributed by atoms with Crippen LogP contribution in [0, 0.1) is 5.92 Å². The van der Waals surface area contributed by atoms with Gasteiger partial charge in [0.1, 0.15) is 0 Å². The molecule has 0 aliphatic heterocycles. The molecule has 100 valence electrons. The minimum atomic E-state index is -0.307. The standard InChI is InChI=1S/C14H28N2O/c1-2-8-16(10-12-5-6-12)13-4-3-7-14(15,9-13)11-17/h12-13,17H,2-11,15H2,1H3. The van der Waals surface area contributed by atoms with Crippen molar-refractivity contribution in [2.24, 2.45) is 11.7 Å². The minimum absolute atomic E-state index is 0.146. The maximum Gasteiger partial charge on any atom is 0.0611 e. The molecule has 2 rings (SSSR count). The van der Waals surface area contributed by atoms with Crippen LogP contribution in [0.4, 0.5) is 0 Å². The van der Waals surface area contributed by atoms with Crippen molar-refractivity contribution in [3.8, 4) is 0 Å². The van der Waals surface area contributed by atoms with Crippen LogP contribution in [-0.4, -0.2) is 41.3 Å². The Kier molecular flexibility index (Phi) is 4.45. The Morgan fingerprint density at radius 1 is 1.35 bits per heavy atom. The third kappa shape index (κ3) is 3.67. The first-order valence-electron chi connectivity index (χ1n) is 7.30. The summed E-state index contributed by atoms with van der Waals surface area (Å²) in [6, 6.07) is 0.612. The molecule has 2 aliphatic carbocycles. The van der Waals surface area contributed by atoms with Gasteiger partial charge >= 0.3 is 0 Å². The molecule has 2 fully saturated rings. The van der Waals surface area contributed by atoms with Gasteiger partial charge in [-0.15, -0.1) is 0 Å². The SMILES string of the molecule is CCCN(CC1CC1)C1CCCC(N)(CO)C1. The lowest BCUT2D eigenvalue weighted by atomic mass is 9.79. The predicted molar refractivity (Wildman–Crippen MR) is 70.8 cm³/mol. The minimum Gasteiger partial charge on any atom is -0.394 e. The van der Waals surface area contributed by atoms with E-state index in [0.717, 1.165) is 18.8 Å². The summed E-state index contributed by atoms with van der Waals surface area (Å²) in [5.41, 5.74) is 5.95. The molecule has 0 amide bonds. The van der Waals surface area contributed by atoms with E-state index in [9.17, 15) is 5.11 Å². The quantitative estimate of drug-likeness (QED) is 0.743. The van der Waals surface area contributed by atoms with Crippen molar-refractivity contribution in [2.75, 3.05) is 19.7 Å². The number of hydrogen-bond donors (Lipinski definition) is 2. The first kappa shape index (κ1) is 13.3. The molecular formula is C14H28N2O. The summed E-state index contributed by atoms with van der Waals surface area (Å²) in [4.78, 5) is 2.65. The molecule has 0 aromatic heterocycles. The van der Waals surface area contributed by atoms with Gasteiger partial charge < -0.3 is 15.7 Å². The highest BCUT2D eigenvalue weighted by molar-refractivity contribution is 4.94. The molecule has 2 unspecified atom stereocenters. The van der Waals surface area contributed by atoms with Gasteiger partial charge in [0, 0.05) is 18.1 Å². The number of nitrogens with two attached hydrogens (primary N) is 1. The van der Waals surface area contributed by atoms with Gasteiger partial charge in [-0.1, -0.05) is 6.92 Å². The van der Waals surface area contributed by atoms with Gasteiger partial charge in [-0.2, -0.15) is 0 Å². The van der Waals surface area contributed by atoms with Crippen LogP contribution in [0.5, 0.6) is 0 Å². The number of rotatable bonds is 6. The first-order chi connectivity index (χ1) is 8.17. The van der Waals surface area contributed by atoms with Gasteiger partial charge in [0.15, 0.2) is 0 Å². The molecule has 0 aromatic rings. The van der Waals surface area contributed by atoms with E-state index in [2.05, 4.69) is 11.8 Å². The highest BCUT2D eigenvalue weighted by Crippen LogP contribution is 2.34. The summed E-state index contributed by atoms with van der Waals surface area (Å²) in [7, 11) is 0. The Labute approximate surface area is 105 Å². The Morgan fingerprint density at radius 3 is 2.71 bits per heavy atom. The van der Waals surface area contributed by atoms with Crippen LogP contribution in [0.15, 0.2) is 0 Å². The van der Waals surface area contributed by atoms with Crippen LogP contribution >= 0.6 is 0 Å². The Bertz CT molecular complexity index is 242. The van der Waals surface area contributed by atoms with E-state index in [1.54, 1.807) is 0 Å². The van der Waals surface area contributed by atoms with Gasteiger partial charge in [-0.25, -0.2) is 0 Å². The van der Waals surface area contributed by atoms with E-state index < -0.39 is 0 Å². The van der Waals surface area contributed by atoms with Crippen LogP contribution in [0.25, 0.3) is 0 Å². The maximum atomic E-state index is 9.43. The van der Waals surface area contributed by atoms with Crippen LogP contribution in [0.2, 0.25) is 0 Å². The van der Waals surface area contributed by atoms with Gasteiger partial charge in [0.25, 0.3) is 0 Å². The Balaban J connectivity index is 1.91. The highest BCUT2D eigenvalue weighted by Gasteiger charge is 2.36. The average molecular weight is 240 g/mol. The topological polar surface area (TPSA) is 49.5 Å². The fourth-order valence-corrected chi connectivity index (χ4v) is 3.16. The molecule has 0 bridgehead atoms. The normalized spacial score (nSPS) is 34.2. The smallest absolute Gasteiger partial charge is 0.0611 e. The van der Waals surface area contributed by atoms with Crippen molar-refractivity contribution in [3.05, 3.63) is 0 Å². The molecular weight excluding hydrogens is 212 g/mol. The molecule has 0 radical (unpaired) electrons. The van der Waals surface area contributed by atoms with Crippen molar-refractivity contribution in [1.29, 1.82) is 0 Å². The summed E-state index contributed by atoms with van der Waals surface area (Å²) < 4.78 is 0. The highest BCUT2D eigenvalue weighted by atomic mass is 16.3. The summed E-state index contributed by atoms with van der Waals surface area (Å²) in [6.07, 6.45) is 8.47. The largest absolute Gasteiger partial charge is 0.394 e. The molecule has 0 spiro atoms. The monoisotopic (exact) mass is 240 g/mol. The van der Waals surface area contributed by atoms with Crippen molar-refractivity contribution < 1.29 is 5.11 Å². The Morgan fingerprint density at radius 2 is 2.12 bits per heavy atom. The van der Waals surface area contributed by atoms with Crippen LogP contribution in [-0.2, 0) is 0 Å². The van der Waals surface area contributed by atoms with E-state index >= 15 is 0 Å². The average Bonchev–Trinajstić information content (AvgIpc) is 3.13. The fraction of sp³-hybridized carbons (Fsp3) is 1.00. The molecule has 0 saturated heterocycles. The van der Waals surface area contributed by atoms with Gasteiger partial charge in [-0.05, 0) is 57.4 Å². The molecule has 0 heterocycles. The molecule has 3 N–H and O–H groups in total. The van der Waals surface area contributed by atoms with Gasteiger partial charge in [0.2, 0.25) is 0 Å². The van der Waals surface area contributed by atoms with Crippen molar-refractivity contribution in [2.45, 2.75) is 63.5 Å². The summed E-state index contributed by atoms with van der Waals surface area (Å²) in [6.45, 7) is 4.86. The van der Waals surface area contributed by atoms with E-state index in [1.807, 2.05) is 0 Å². The molecule has 2 aliphatic rings. The van der Waals surface area contributed by atoms with E-state index in [1.165, 1.54) is 45.2 Å². The second kappa shape index (κ2) is 5.68. The predicted octanol–water partition coefficient (Wildman–Crippen LogP) is 1.74. The second-order valence-electron chi connectivity index (χ2n) is 6.21. The lowest BCUT2D eigenvalue weighted by Crippen LogP contribution is -2.53.